The maximum Gasteiger partial charge on any atom is 0.265 e. The minimum absolute atomic E-state index is 0.0231. The van der Waals surface area contributed by atoms with Gasteiger partial charge in [-0.25, -0.2) is 8.78 Å². The molecule has 0 spiro atoms. The molecule has 0 aromatic carbocycles. The molecule has 0 aliphatic heterocycles. The standard InChI is InChI=1S/C5H10F2O3S/c1-3-4(5(6)7)10-11(2,8)9/h4-5H,3H2,1-2H3. The van der Waals surface area contributed by atoms with Crippen molar-refractivity contribution in [1.82, 2.24) is 0 Å². The van der Waals surface area contributed by atoms with Gasteiger partial charge in [0.25, 0.3) is 16.5 Å². The highest BCUT2D eigenvalue weighted by molar-refractivity contribution is 7.86. The molecule has 0 rings (SSSR count). The Morgan fingerprint density at radius 1 is 1.45 bits per heavy atom. The third kappa shape index (κ3) is 5.09. The Labute approximate surface area is 64.5 Å². The normalized spacial score (nSPS) is 15.4. The van der Waals surface area contributed by atoms with Gasteiger partial charge in [0.05, 0.1) is 6.26 Å². The molecule has 0 amide bonds. The van der Waals surface area contributed by atoms with E-state index < -0.39 is 22.6 Å². The SMILES string of the molecule is CCC(OS(C)(=O)=O)C(F)F. The van der Waals surface area contributed by atoms with Crippen LogP contribution in [0.3, 0.4) is 0 Å². The maximum absolute atomic E-state index is 11.8. The van der Waals surface area contributed by atoms with Crippen molar-refractivity contribution < 1.29 is 21.4 Å². The molecule has 0 aromatic heterocycles. The molecular formula is C5H10F2O3S. The zero-order valence-electron chi connectivity index (χ0n) is 6.25. The fraction of sp³-hybridized carbons (Fsp3) is 1.00. The van der Waals surface area contributed by atoms with E-state index in [1.54, 1.807) is 0 Å². The van der Waals surface area contributed by atoms with Crippen LogP contribution in [-0.2, 0) is 14.3 Å². The lowest BCUT2D eigenvalue weighted by atomic mass is 10.3. The summed E-state index contributed by atoms with van der Waals surface area (Å²) in [7, 11) is -3.76. The van der Waals surface area contributed by atoms with Crippen LogP contribution in [0.25, 0.3) is 0 Å². The lowest BCUT2D eigenvalue weighted by Gasteiger charge is -2.11. The van der Waals surface area contributed by atoms with Gasteiger partial charge < -0.3 is 0 Å². The Kier molecular flexibility index (Phi) is 3.88. The Balaban J connectivity index is 4.10. The minimum atomic E-state index is -3.76. The molecular weight excluding hydrogens is 178 g/mol. The molecule has 11 heavy (non-hydrogen) atoms. The quantitative estimate of drug-likeness (QED) is 0.618. The van der Waals surface area contributed by atoms with Crippen LogP contribution in [-0.4, -0.2) is 27.2 Å². The summed E-state index contributed by atoms with van der Waals surface area (Å²) < 4.78 is 48.5. The number of alkyl halides is 2. The van der Waals surface area contributed by atoms with Crippen LogP contribution in [0.4, 0.5) is 8.78 Å². The second-order valence-electron chi connectivity index (χ2n) is 2.08. The number of hydrogen-bond donors (Lipinski definition) is 0. The van der Waals surface area contributed by atoms with E-state index in [-0.39, 0.29) is 6.42 Å². The molecule has 68 valence electrons. The van der Waals surface area contributed by atoms with Crippen molar-refractivity contribution in [1.29, 1.82) is 0 Å². The van der Waals surface area contributed by atoms with E-state index in [0.717, 1.165) is 6.26 Å². The predicted molar refractivity (Wildman–Crippen MR) is 36.0 cm³/mol. The molecule has 1 atom stereocenters. The highest BCUT2D eigenvalue weighted by Crippen LogP contribution is 2.11. The number of rotatable bonds is 4. The summed E-state index contributed by atoms with van der Waals surface area (Å²) in [4.78, 5) is 0. The fourth-order valence-electron chi connectivity index (χ4n) is 0.513. The van der Waals surface area contributed by atoms with Crippen molar-refractivity contribution in [2.75, 3.05) is 6.26 Å². The van der Waals surface area contributed by atoms with Crippen molar-refractivity contribution >= 4 is 10.1 Å². The summed E-state index contributed by atoms with van der Waals surface area (Å²) in [5.41, 5.74) is 0. The van der Waals surface area contributed by atoms with Crippen molar-refractivity contribution in [2.45, 2.75) is 25.9 Å². The summed E-state index contributed by atoms with van der Waals surface area (Å²) in [6, 6.07) is 0. The van der Waals surface area contributed by atoms with E-state index in [2.05, 4.69) is 4.18 Å². The first kappa shape index (κ1) is 10.8. The van der Waals surface area contributed by atoms with Gasteiger partial charge in [0.2, 0.25) is 0 Å². The topological polar surface area (TPSA) is 43.4 Å². The molecule has 1 unspecified atom stereocenters. The van der Waals surface area contributed by atoms with Gasteiger partial charge in [-0.1, -0.05) is 6.92 Å². The minimum Gasteiger partial charge on any atom is -0.261 e. The summed E-state index contributed by atoms with van der Waals surface area (Å²) in [6.07, 6.45) is -3.54. The van der Waals surface area contributed by atoms with Crippen molar-refractivity contribution in [3.8, 4) is 0 Å². The van der Waals surface area contributed by atoms with Gasteiger partial charge in [-0.05, 0) is 6.42 Å². The summed E-state index contributed by atoms with van der Waals surface area (Å²) in [6.45, 7) is 1.43. The molecule has 0 heterocycles. The third-order valence-corrected chi connectivity index (χ3v) is 1.58. The Bertz CT molecular complexity index is 200. The Morgan fingerprint density at radius 3 is 2.00 bits per heavy atom. The molecule has 0 saturated heterocycles. The van der Waals surface area contributed by atoms with Gasteiger partial charge in [0.1, 0.15) is 6.10 Å². The Hall–Kier alpha value is -0.230. The van der Waals surface area contributed by atoms with E-state index in [1.165, 1.54) is 6.92 Å². The summed E-state index contributed by atoms with van der Waals surface area (Å²) in [5, 5.41) is 0. The fourth-order valence-corrected chi connectivity index (χ4v) is 1.18. The van der Waals surface area contributed by atoms with Crippen LogP contribution < -0.4 is 0 Å². The molecule has 6 heteroatoms. The van der Waals surface area contributed by atoms with E-state index in [4.69, 9.17) is 0 Å². The average molecular weight is 188 g/mol. The molecule has 0 aliphatic carbocycles. The van der Waals surface area contributed by atoms with Crippen LogP contribution in [0.1, 0.15) is 13.3 Å². The van der Waals surface area contributed by atoms with Gasteiger partial charge in [-0.15, -0.1) is 0 Å². The van der Waals surface area contributed by atoms with Crippen LogP contribution in [0.2, 0.25) is 0 Å². The second-order valence-corrected chi connectivity index (χ2v) is 3.68. The molecule has 0 aliphatic rings. The Morgan fingerprint density at radius 2 is 1.91 bits per heavy atom. The van der Waals surface area contributed by atoms with Crippen molar-refractivity contribution in [3.63, 3.8) is 0 Å². The summed E-state index contributed by atoms with van der Waals surface area (Å²) in [5.74, 6) is 0. The van der Waals surface area contributed by atoms with E-state index >= 15 is 0 Å². The lowest BCUT2D eigenvalue weighted by molar-refractivity contribution is 0.0140. The van der Waals surface area contributed by atoms with Crippen LogP contribution >= 0.6 is 0 Å². The molecule has 0 aromatic rings. The molecule has 0 radical (unpaired) electrons. The van der Waals surface area contributed by atoms with Crippen molar-refractivity contribution in [2.24, 2.45) is 0 Å². The zero-order valence-corrected chi connectivity index (χ0v) is 7.07. The summed E-state index contributed by atoms with van der Waals surface area (Å²) >= 11 is 0. The predicted octanol–water partition coefficient (Wildman–Crippen LogP) is 1.01. The number of halogens is 2. The first-order chi connectivity index (χ1) is 4.87. The lowest BCUT2D eigenvalue weighted by Crippen LogP contribution is -2.24. The van der Waals surface area contributed by atoms with Gasteiger partial charge in [-0.2, -0.15) is 8.42 Å². The molecule has 0 bridgehead atoms. The largest absolute Gasteiger partial charge is 0.265 e. The van der Waals surface area contributed by atoms with Crippen LogP contribution in [0.15, 0.2) is 0 Å². The second kappa shape index (κ2) is 3.96. The third-order valence-electron chi connectivity index (χ3n) is 0.982. The average Bonchev–Trinajstić information content (AvgIpc) is 1.80. The first-order valence-corrected chi connectivity index (χ1v) is 4.85. The highest BCUT2D eigenvalue weighted by atomic mass is 32.2. The maximum atomic E-state index is 11.8. The molecule has 0 N–H and O–H groups in total. The van der Waals surface area contributed by atoms with Gasteiger partial charge in [-0.3, -0.25) is 4.18 Å². The van der Waals surface area contributed by atoms with Gasteiger partial charge in [0, 0.05) is 0 Å². The van der Waals surface area contributed by atoms with Crippen LogP contribution in [0.5, 0.6) is 0 Å². The van der Waals surface area contributed by atoms with Gasteiger partial charge >= 0.3 is 0 Å². The molecule has 3 nitrogen and oxygen atoms in total. The zero-order chi connectivity index (χ0) is 9.07. The smallest absolute Gasteiger partial charge is 0.261 e. The van der Waals surface area contributed by atoms with Crippen LogP contribution in [0, 0.1) is 0 Å². The van der Waals surface area contributed by atoms with Crippen molar-refractivity contribution in [3.05, 3.63) is 0 Å². The van der Waals surface area contributed by atoms with E-state index in [0.29, 0.717) is 0 Å². The molecule has 0 fully saturated rings. The van der Waals surface area contributed by atoms with Gasteiger partial charge in [0.15, 0.2) is 0 Å². The first-order valence-electron chi connectivity index (χ1n) is 3.03. The monoisotopic (exact) mass is 188 g/mol. The van der Waals surface area contributed by atoms with E-state index in [9.17, 15) is 17.2 Å². The number of hydrogen-bond acceptors (Lipinski definition) is 3. The highest BCUT2D eigenvalue weighted by Gasteiger charge is 2.23. The molecule has 0 saturated carbocycles. The van der Waals surface area contributed by atoms with E-state index in [1.807, 2.05) is 0 Å².